The minimum absolute atomic E-state index is 0.177. The van der Waals surface area contributed by atoms with Gasteiger partial charge in [-0.25, -0.2) is 0 Å². The highest BCUT2D eigenvalue weighted by molar-refractivity contribution is 6.37. The van der Waals surface area contributed by atoms with E-state index in [9.17, 15) is 10.2 Å². The van der Waals surface area contributed by atoms with Crippen LogP contribution in [-0.4, -0.2) is 36.4 Å². The van der Waals surface area contributed by atoms with Gasteiger partial charge in [-0.3, -0.25) is 0 Å². The van der Waals surface area contributed by atoms with Gasteiger partial charge in [0.25, 0.3) is 0 Å². The summed E-state index contributed by atoms with van der Waals surface area (Å²) in [6.45, 7) is 4.33. The number of piperidine rings is 2. The first kappa shape index (κ1) is 23.6. The lowest BCUT2D eigenvalue weighted by Gasteiger charge is -2.30. The lowest BCUT2D eigenvalue weighted by atomic mass is 10.0. The molecule has 4 aromatic carbocycles. The zero-order chi connectivity index (χ0) is 24.2. The summed E-state index contributed by atoms with van der Waals surface area (Å²) in [6.07, 6.45) is 7.57. The highest BCUT2D eigenvalue weighted by atomic mass is 35.5. The molecule has 0 aromatic heterocycles. The van der Waals surface area contributed by atoms with Crippen LogP contribution in [0.1, 0.15) is 38.5 Å². The monoisotopic (exact) mass is 488 g/mol. The smallest absolute Gasteiger partial charge is 0.136 e. The van der Waals surface area contributed by atoms with Crippen molar-refractivity contribution in [1.82, 2.24) is 0 Å². The third-order valence-corrected chi connectivity index (χ3v) is 7.55. The Kier molecular flexibility index (Phi) is 7.19. The molecule has 2 heterocycles. The van der Waals surface area contributed by atoms with Crippen LogP contribution in [0.15, 0.2) is 66.7 Å². The van der Waals surface area contributed by atoms with Gasteiger partial charge in [0.2, 0.25) is 0 Å². The average molecular weight is 489 g/mol. The minimum Gasteiger partial charge on any atom is -0.508 e. The predicted octanol–water partition coefficient (Wildman–Crippen LogP) is 7.72. The molecule has 35 heavy (non-hydrogen) atoms. The Bertz CT molecular complexity index is 1310. The maximum absolute atomic E-state index is 9.97. The number of benzene rings is 4. The Hall–Kier alpha value is -3.11. The molecule has 2 aliphatic heterocycles. The predicted molar refractivity (Wildman–Crippen MR) is 148 cm³/mol. The summed E-state index contributed by atoms with van der Waals surface area (Å²) < 4.78 is 0. The molecule has 0 bridgehead atoms. The van der Waals surface area contributed by atoms with Crippen LogP contribution in [0.3, 0.4) is 0 Å². The van der Waals surface area contributed by atoms with Crippen molar-refractivity contribution in [2.45, 2.75) is 38.5 Å². The summed E-state index contributed by atoms with van der Waals surface area (Å²) in [5.74, 6) is 0.542. The van der Waals surface area contributed by atoms with Gasteiger partial charge >= 0.3 is 0 Å². The summed E-state index contributed by atoms with van der Waals surface area (Å²) in [4.78, 5) is 4.74. The lowest BCUT2D eigenvalue weighted by molar-refractivity contribution is 0.475. The van der Waals surface area contributed by atoms with Crippen molar-refractivity contribution in [1.29, 1.82) is 0 Å². The van der Waals surface area contributed by atoms with Crippen LogP contribution in [0, 0.1) is 0 Å². The third-order valence-electron chi connectivity index (χ3n) is 7.16. The topological polar surface area (TPSA) is 46.9 Å². The van der Waals surface area contributed by atoms with Gasteiger partial charge in [0, 0.05) is 65.8 Å². The molecule has 0 radical (unpaired) electrons. The Labute approximate surface area is 212 Å². The number of halogens is 1. The van der Waals surface area contributed by atoms with Gasteiger partial charge in [-0.15, -0.1) is 0 Å². The Morgan fingerprint density at radius 1 is 0.571 bits per heavy atom. The molecule has 0 saturated carbocycles. The lowest BCUT2D eigenvalue weighted by Crippen LogP contribution is -2.29. The van der Waals surface area contributed by atoms with Crippen LogP contribution < -0.4 is 9.80 Å². The summed E-state index contributed by atoms with van der Waals surface area (Å²) in [6, 6.07) is 21.8. The van der Waals surface area contributed by atoms with Crippen LogP contribution in [-0.2, 0) is 0 Å². The molecular weight excluding hydrogens is 456 g/mol. The highest BCUT2D eigenvalue weighted by Crippen LogP contribution is 2.39. The van der Waals surface area contributed by atoms with Gasteiger partial charge in [0.1, 0.15) is 11.5 Å². The Morgan fingerprint density at radius 2 is 1.09 bits per heavy atom. The first-order chi connectivity index (χ1) is 17.1. The van der Waals surface area contributed by atoms with Gasteiger partial charge in [-0.2, -0.15) is 0 Å². The Balaban J connectivity index is 0.000000145. The first-order valence-corrected chi connectivity index (χ1v) is 13.1. The number of nitrogens with zero attached hydrogens (tertiary/aromatic N) is 2. The maximum Gasteiger partial charge on any atom is 0.136 e. The molecule has 4 nitrogen and oxygen atoms in total. The van der Waals surface area contributed by atoms with Crippen molar-refractivity contribution in [2.75, 3.05) is 36.0 Å². The van der Waals surface area contributed by atoms with Crippen LogP contribution >= 0.6 is 11.6 Å². The second-order valence-corrected chi connectivity index (χ2v) is 9.93. The molecule has 182 valence electrons. The van der Waals surface area contributed by atoms with Crippen molar-refractivity contribution in [3.8, 4) is 11.5 Å². The van der Waals surface area contributed by atoms with E-state index in [1.807, 2.05) is 36.4 Å². The number of hydrogen-bond acceptors (Lipinski definition) is 4. The fourth-order valence-electron chi connectivity index (χ4n) is 5.37. The number of hydrogen-bond donors (Lipinski definition) is 2. The quantitative estimate of drug-likeness (QED) is 0.303. The summed E-state index contributed by atoms with van der Waals surface area (Å²) >= 11 is 6.17. The molecule has 5 heteroatoms. The van der Waals surface area contributed by atoms with Crippen LogP contribution in [0.2, 0.25) is 5.02 Å². The first-order valence-electron chi connectivity index (χ1n) is 12.7. The second kappa shape index (κ2) is 10.7. The SMILES string of the molecule is Oc1cc(N2CCCCC2)c2ccccc2c1.Oc1cc(N2CCCCC2)c2ccccc2c1Cl. The largest absolute Gasteiger partial charge is 0.508 e. The van der Waals surface area contributed by atoms with Crippen molar-refractivity contribution >= 4 is 44.5 Å². The van der Waals surface area contributed by atoms with Gasteiger partial charge in [-0.1, -0.05) is 60.1 Å². The molecule has 0 amide bonds. The molecule has 6 rings (SSSR count). The van der Waals surface area contributed by atoms with Crippen molar-refractivity contribution in [3.05, 3.63) is 71.8 Å². The zero-order valence-electron chi connectivity index (χ0n) is 20.1. The molecule has 0 spiro atoms. The normalized spacial score (nSPS) is 16.3. The molecule has 0 atom stereocenters. The average Bonchev–Trinajstić information content (AvgIpc) is 2.91. The number of aromatic hydroxyl groups is 2. The molecule has 2 saturated heterocycles. The van der Waals surface area contributed by atoms with Crippen LogP contribution in [0.4, 0.5) is 11.4 Å². The molecule has 0 unspecified atom stereocenters. The third kappa shape index (κ3) is 5.13. The van der Waals surface area contributed by atoms with E-state index in [0.29, 0.717) is 10.8 Å². The van der Waals surface area contributed by atoms with Gasteiger partial charge in [0.15, 0.2) is 0 Å². The number of phenols is 2. The van der Waals surface area contributed by atoms with E-state index in [0.717, 1.165) is 48.0 Å². The van der Waals surface area contributed by atoms with Crippen LogP contribution in [0.25, 0.3) is 21.5 Å². The zero-order valence-corrected chi connectivity index (χ0v) is 20.8. The number of anilines is 2. The maximum atomic E-state index is 9.97. The van der Waals surface area contributed by atoms with E-state index < -0.39 is 0 Å². The van der Waals surface area contributed by atoms with Gasteiger partial charge in [-0.05, 0) is 50.0 Å². The molecule has 2 aliphatic rings. The number of phenolic OH excluding ortho intramolecular Hbond substituents is 2. The van der Waals surface area contributed by atoms with E-state index >= 15 is 0 Å². The fraction of sp³-hybridized carbons (Fsp3) is 0.333. The van der Waals surface area contributed by atoms with Crippen molar-refractivity contribution in [2.24, 2.45) is 0 Å². The summed E-state index contributed by atoms with van der Waals surface area (Å²) in [5, 5.41) is 24.7. The standard InChI is InChI=1S/C15H16ClNO.C15H17NO/c16-15-12-7-3-2-6-11(12)13(10-14(15)18)17-8-4-1-5-9-17;17-13-10-12-6-2-3-7-14(12)15(11-13)16-8-4-1-5-9-16/h2-3,6-7,10,18H,1,4-5,8-9H2;2-3,6-7,10-11,17H,1,4-5,8-9H2. The fourth-order valence-corrected chi connectivity index (χ4v) is 5.59. The van der Waals surface area contributed by atoms with E-state index in [1.54, 1.807) is 6.07 Å². The molecule has 2 N–H and O–H groups in total. The summed E-state index contributed by atoms with van der Waals surface area (Å²) in [7, 11) is 0. The van der Waals surface area contributed by atoms with E-state index in [2.05, 4.69) is 34.1 Å². The van der Waals surface area contributed by atoms with Gasteiger partial charge < -0.3 is 20.0 Å². The van der Waals surface area contributed by atoms with Crippen molar-refractivity contribution < 1.29 is 10.2 Å². The van der Waals surface area contributed by atoms with E-state index in [-0.39, 0.29) is 5.75 Å². The highest BCUT2D eigenvalue weighted by Gasteiger charge is 2.17. The van der Waals surface area contributed by atoms with Crippen LogP contribution in [0.5, 0.6) is 11.5 Å². The molecule has 2 fully saturated rings. The molecule has 0 aliphatic carbocycles. The number of fused-ring (bicyclic) bond motifs is 2. The molecule has 4 aromatic rings. The van der Waals surface area contributed by atoms with Gasteiger partial charge in [0.05, 0.1) is 5.02 Å². The minimum atomic E-state index is 0.177. The molecular formula is C30H33ClN2O2. The summed E-state index contributed by atoms with van der Waals surface area (Å²) in [5.41, 5.74) is 2.28. The number of rotatable bonds is 2. The second-order valence-electron chi connectivity index (χ2n) is 9.56. The van der Waals surface area contributed by atoms with E-state index in [4.69, 9.17) is 11.6 Å². The van der Waals surface area contributed by atoms with Crippen molar-refractivity contribution in [3.63, 3.8) is 0 Å². The van der Waals surface area contributed by atoms with E-state index in [1.165, 1.54) is 49.6 Å². The Morgan fingerprint density at radius 3 is 1.71 bits per heavy atom.